The largest absolute Gasteiger partial charge is 0.371 e. The fourth-order valence-corrected chi connectivity index (χ4v) is 3.61. The molecule has 0 aliphatic carbocycles. The second-order valence-electron chi connectivity index (χ2n) is 6.17. The van der Waals surface area contributed by atoms with E-state index in [2.05, 4.69) is 25.8 Å². The number of nitrogens with one attached hydrogen (secondary N) is 1. The Morgan fingerprint density at radius 1 is 1.30 bits per heavy atom. The van der Waals surface area contributed by atoms with Crippen molar-refractivity contribution in [3.05, 3.63) is 33.4 Å². The Kier molecular flexibility index (Phi) is 3.52. The van der Waals surface area contributed by atoms with Gasteiger partial charge in [-0.05, 0) is 24.1 Å². The van der Waals surface area contributed by atoms with E-state index in [9.17, 15) is 0 Å². The number of aromatic amines is 1. The van der Waals surface area contributed by atoms with E-state index in [-0.39, 0.29) is 11.5 Å². The molecular formula is C16H19Cl2NO. The molecule has 1 unspecified atom stereocenters. The molecule has 0 saturated heterocycles. The minimum absolute atomic E-state index is 0.0633. The summed E-state index contributed by atoms with van der Waals surface area (Å²) in [4.78, 5) is 3.47. The van der Waals surface area contributed by atoms with Crippen molar-refractivity contribution in [1.82, 2.24) is 4.98 Å². The number of halogens is 2. The summed E-state index contributed by atoms with van der Waals surface area (Å²) in [6.45, 7) is 7.27. The predicted octanol–water partition coefficient (Wildman–Crippen LogP) is 5.62. The van der Waals surface area contributed by atoms with Gasteiger partial charge in [0.05, 0.1) is 28.3 Å². The summed E-state index contributed by atoms with van der Waals surface area (Å²) in [7, 11) is 0. The second-order valence-corrected chi connectivity index (χ2v) is 6.98. The van der Waals surface area contributed by atoms with Gasteiger partial charge in [-0.15, -0.1) is 0 Å². The average Bonchev–Trinajstić information content (AvgIpc) is 2.81. The zero-order chi connectivity index (χ0) is 14.5. The van der Waals surface area contributed by atoms with Gasteiger partial charge in [0.15, 0.2) is 0 Å². The molecule has 0 amide bonds. The van der Waals surface area contributed by atoms with E-state index in [0.29, 0.717) is 11.6 Å². The van der Waals surface area contributed by atoms with Crippen molar-refractivity contribution in [3.63, 3.8) is 0 Å². The molecule has 0 radical (unpaired) electrons. The van der Waals surface area contributed by atoms with Gasteiger partial charge in [0.25, 0.3) is 0 Å². The summed E-state index contributed by atoms with van der Waals surface area (Å²) in [5.41, 5.74) is 3.29. The van der Waals surface area contributed by atoms with Gasteiger partial charge in [0.2, 0.25) is 0 Å². The summed E-state index contributed by atoms with van der Waals surface area (Å²) < 4.78 is 6.05. The Bertz CT molecular complexity index is 660. The Hall–Kier alpha value is -0.700. The van der Waals surface area contributed by atoms with Crippen LogP contribution in [0.2, 0.25) is 10.0 Å². The molecule has 0 saturated carbocycles. The first-order valence-electron chi connectivity index (χ1n) is 7.07. The van der Waals surface area contributed by atoms with Crippen molar-refractivity contribution in [2.75, 3.05) is 6.61 Å². The van der Waals surface area contributed by atoms with Crippen LogP contribution in [0.4, 0.5) is 0 Å². The first-order valence-corrected chi connectivity index (χ1v) is 7.83. The van der Waals surface area contributed by atoms with Crippen molar-refractivity contribution in [3.8, 4) is 0 Å². The first kappa shape index (κ1) is 14.2. The summed E-state index contributed by atoms with van der Waals surface area (Å²) >= 11 is 12.8. The fraction of sp³-hybridized carbons (Fsp3) is 0.500. The van der Waals surface area contributed by atoms with Crippen LogP contribution in [0.3, 0.4) is 0 Å². The lowest BCUT2D eigenvalue weighted by Gasteiger charge is -2.35. The van der Waals surface area contributed by atoms with Crippen molar-refractivity contribution in [2.45, 2.75) is 45.1 Å². The van der Waals surface area contributed by atoms with Crippen LogP contribution < -0.4 is 0 Å². The van der Waals surface area contributed by atoms with Crippen molar-refractivity contribution < 1.29 is 4.74 Å². The van der Waals surface area contributed by atoms with Crippen LogP contribution in [0.5, 0.6) is 0 Å². The SMILES string of the molecule is CCCC1OCC(C)(C)c2c1[nH]c1c(Cl)ccc(Cl)c21. The average molecular weight is 312 g/mol. The lowest BCUT2D eigenvalue weighted by molar-refractivity contribution is 0.0000593. The third-order valence-corrected chi connectivity index (χ3v) is 4.71. The molecule has 20 heavy (non-hydrogen) atoms. The highest BCUT2D eigenvalue weighted by Crippen LogP contribution is 2.46. The minimum atomic E-state index is -0.0633. The van der Waals surface area contributed by atoms with Gasteiger partial charge < -0.3 is 9.72 Å². The zero-order valence-electron chi connectivity index (χ0n) is 12.0. The fourth-order valence-electron chi connectivity index (χ4n) is 3.15. The van der Waals surface area contributed by atoms with Crippen LogP contribution >= 0.6 is 23.2 Å². The van der Waals surface area contributed by atoms with Gasteiger partial charge in [-0.25, -0.2) is 0 Å². The van der Waals surface area contributed by atoms with E-state index in [4.69, 9.17) is 27.9 Å². The molecule has 1 N–H and O–H groups in total. The number of benzene rings is 1. The minimum Gasteiger partial charge on any atom is -0.371 e. The van der Waals surface area contributed by atoms with E-state index in [1.165, 1.54) is 5.56 Å². The van der Waals surface area contributed by atoms with Crippen molar-refractivity contribution in [1.29, 1.82) is 0 Å². The summed E-state index contributed by atoms with van der Waals surface area (Å²) in [6, 6.07) is 3.72. The maximum absolute atomic E-state index is 6.44. The molecule has 0 fully saturated rings. The summed E-state index contributed by atoms with van der Waals surface area (Å²) in [5, 5.41) is 2.53. The molecular weight excluding hydrogens is 293 g/mol. The van der Waals surface area contributed by atoms with E-state index < -0.39 is 0 Å². The molecule has 1 aromatic heterocycles. The Balaban J connectivity index is 2.33. The van der Waals surface area contributed by atoms with Crippen molar-refractivity contribution in [2.24, 2.45) is 0 Å². The Morgan fingerprint density at radius 3 is 2.70 bits per heavy atom. The number of aromatic nitrogens is 1. The lowest BCUT2D eigenvalue weighted by atomic mass is 9.80. The molecule has 1 aliphatic heterocycles. The molecule has 4 heteroatoms. The molecule has 2 heterocycles. The number of fused-ring (bicyclic) bond motifs is 3. The smallest absolute Gasteiger partial charge is 0.0976 e. The van der Waals surface area contributed by atoms with E-state index in [1.54, 1.807) is 0 Å². The zero-order valence-corrected chi connectivity index (χ0v) is 13.5. The molecule has 1 atom stereocenters. The first-order chi connectivity index (χ1) is 9.45. The molecule has 1 aromatic carbocycles. The molecule has 1 aliphatic rings. The number of rotatable bonds is 2. The third-order valence-electron chi connectivity index (χ3n) is 4.08. The number of H-pyrrole nitrogens is 1. The molecule has 108 valence electrons. The lowest BCUT2D eigenvalue weighted by Crippen LogP contribution is -2.32. The van der Waals surface area contributed by atoms with Crippen molar-refractivity contribution >= 4 is 34.1 Å². The third kappa shape index (κ3) is 2.05. The quantitative estimate of drug-likeness (QED) is 0.764. The monoisotopic (exact) mass is 311 g/mol. The Labute approximate surface area is 129 Å². The van der Waals surface area contributed by atoms with Crippen LogP contribution in [0.1, 0.15) is 51.0 Å². The molecule has 0 spiro atoms. The van der Waals surface area contributed by atoms with Crippen LogP contribution in [0.25, 0.3) is 10.9 Å². The summed E-state index contributed by atoms with van der Waals surface area (Å²) in [5.74, 6) is 0. The Morgan fingerprint density at radius 2 is 2.00 bits per heavy atom. The highest BCUT2D eigenvalue weighted by Gasteiger charge is 2.37. The van der Waals surface area contributed by atoms with Gasteiger partial charge in [-0.1, -0.05) is 50.4 Å². The number of hydrogen-bond acceptors (Lipinski definition) is 1. The predicted molar refractivity (Wildman–Crippen MR) is 84.9 cm³/mol. The van der Waals surface area contributed by atoms with Crippen LogP contribution in [-0.2, 0) is 10.2 Å². The number of ether oxygens (including phenoxy) is 1. The van der Waals surface area contributed by atoms with E-state index >= 15 is 0 Å². The van der Waals surface area contributed by atoms with E-state index in [0.717, 1.165) is 34.5 Å². The molecule has 3 rings (SSSR count). The van der Waals surface area contributed by atoms with Gasteiger partial charge in [0, 0.05) is 16.5 Å². The maximum atomic E-state index is 6.44. The van der Waals surface area contributed by atoms with E-state index in [1.807, 2.05) is 12.1 Å². The van der Waals surface area contributed by atoms with Gasteiger partial charge >= 0.3 is 0 Å². The van der Waals surface area contributed by atoms with Gasteiger partial charge in [0.1, 0.15) is 0 Å². The number of hydrogen-bond donors (Lipinski definition) is 1. The topological polar surface area (TPSA) is 25.0 Å². The van der Waals surface area contributed by atoms with Crippen LogP contribution in [-0.4, -0.2) is 11.6 Å². The van der Waals surface area contributed by atoms with Gasteiger partial charge in [-0.2, -0.15) is 0 Å². The molecule has 0 bridgehead atoms. The standard InChI is InChI=1S/C16H19Cl2NO/c1-4-5-11-15-13(16(2,3)8-20-11)12-9(17)6-7-10(18)14(12)19-15/h6-7,11,19H,4-5,8H2,1-3H3. The summed E-state index contributed by atoms with van der Waals surface area (Å²) in [6.07, 6.45) is 2.20. The highest BCUT2D eigenvalue weighted by atomic mass is 35.5. The highest BCUT2D eigenvalue weighted by molar-refractivity contribution is 6.40. The van der Waals surface area contributed by atoms with Crippen LogP contribution in [0, 0.1) is 0 Å². The second kappa shape index (κ2) is 4.94. The normalized spacial score (nSPS) is 21.1. The maximum Gasteiger partial charge on any atom is 0.0976 e. The molecule has 2 nitrogen and oxygen atoms in total. The van der Waals surface area contributed by atoms with Gasteiger partial charge in [-0.3, -0.25) is 0 Å². The molecule has 2 aromatic rings. The van der Waals surface area contributed by atoms with Crippen LogP contribution in [0.15, 0.2) is 12.1 Å².